The fourth-order valence-corrected chi connectivity index (χ4v) is 8.34. The lowest BCUT2D eigenvalue weighted by atomic mass is 9.50. The van der Waals surface area contributed by atoms with Gasteiger partial charge in [-0.3, -0.25) is 4.79 Å². The minimum absolute atomic E-state index is 0.0660. The molecule has 0 aliphatic heterocycles. The van der Waals surface area contributed by atoms with Gasteiger partial charge in [-0.1, -0.05) is 56.9 Å². The number of ether oxygens (including phenoxy) is 1. The van der Waals surface area contributed by atoms with Crippen LogP contribution in [0.4, 0.5) is 0 Å². The van der Waals surface area contributed by atoms with Gasteiger partial charge in [-0.2, -0.15) is 0 Å². The van der Waals surface area contributed by atoms with Gasteiger partial charge in [0.2, 0.25) is 0 Å². The van der Waals surface area contributed by atoms with Crippen LogP contribution in [0, 0.1) is 34.5 Å². The third-order valence-electron chi connectivity index (χ3n) is 10.1. The average molecular weight is 443 g/mol. The van der Waals surface area contributed by atoms with Crippen LogP contribution in [0.2, 0.25) is 0 Å². The highest BCUT2D eigenvalue weighted by atomic mass is 16.5. The summed E-state index contributed by atoms with van der Waals surface area (Å²) in [5.41, 5.74) is 3.39. The zero-order valence-electron chi connectivity index (χ0n) is 21.4. The largest absolute Gasteiger partial charge is 0.462 e. The van der Waals surface area contributed by atoms with E-state index in [4.69, 9.17) is 4.74 Å². The van der Waals surface area contributed by atoms with E-state index in [1.807, 2.05) is 13.8 Å². The van der Waals surface area contributed by atoms with Gasteiger partial charge in [-0.15, -0.1) is 0 Å². The lowest BCUT2D eigenvalue weighted by Crippen LogP contribution is -2.46. The predicted molar refractivity (Wildman–Crippen MR) is 130 cm³/mol. The van der Waals surface area contributed by atoms with Crippen LogP contribution < -0.4 is 0 Å². The Morgan fingerprint density at radius 2 is 1.91 bits per heavy atom. The number of hydrogen-bond donors (Lipinski definition) is 1. The van der Waals surface area contributed by atoms with Crippen molar-refractivity contribution in [3.8, 4) is 0 Å². The minimum atomic E-state index is -0.541. The fourth-order valence-electron chi connectivity index (χ4n) is 8.34. The molecule has 0 amide bonds. The van der Waals surface area contributed by atoms with Crippen LogP contribution in [-0.2, 0) is 9.53 Å². The van der Waals surface area contributed by atoms with Crippen molar-refractivity contribution in [2.45, 2.75) is 117 Å². The second-order valence-corrected chi connectivity index (χ2v) is 12.8. The highest BCUT2D eigenvalue weighted by Gasteiger charge is 2.57. The van der Waals surface area contributed by atoms with E-state index in [-0.39, 0.29) is 17.5 Å². The Morgan fingerprint density at radius 1 is 1.16 bits per heavy atom. The van der Waals surface area contributed by atoms with Crippen LogP contribution in [0.1, 0.15) is 106 Å². The van der Waals surface area contributed by atoms with Crippen molar-refractivity contribution in [3.63, 3.8) is 0 Å². The van der Waals surface area contributed by atoms with Crippen LogP contribution in [0.15, 0.2) is 23.3 Å². The molecule has 3 heteroatoms. The highest BCUT2D eigenvalue weighted by molar-refractivity contribution is 5.66. The van der Waals surface area contributed by atoms with Crippen LogP contribution in [-0.4, -0.2) is 22.8 Å². The SMILES string of the molecule is CC(=O)O[C@H]1CC[C@@]2(C)C(=CC=C3[C@@H]4CC[C@H]([C@@H](C)CCCC(C)(C)O)[C@@]4(C)CC[C@@H]32)C1. The number of rotatable bonds is 6. The number of carbonyl (C=O) groups excluding carboxylic acids is 1. The number of fused-ring (bicyclic) bond motifs is 5. The molecular formula is C29H46O3. The maximum absolute atomic E-state index is 11.5. The van der Waals surface area contributed by atoms with Gasteiger partial charge in [0, 0.05) is 13.3 Å². The summed E-state index contributed by atoms with van der Waals surface area (Å²) in [6.07, 6.45) is 16.6. The van der Waals surface area contributed by atoms with E-state index in [0.29, 0.717) is 11.3 Å². The standard InChI is InChI=1S/C29H46O3/c1-19(8-7-15-27(3,4)31)24-11-12-25-23-10-9-21-18-22(32-20(2)30)13-16-28(21,5)26(23)14-17-29(24,25)6/h9-10,19,22,24-26,31H,7-8,11-18H2,1-6H3/t19-,22-,24+,25-,26-,28-,29+/m0/s1. The first-order valence-corrected chi connectivity index (χ1v) is 13.2. The molecule has 3 saturated carbocycles. The van der Waals surface area contributed by atoms with Gasteiger partial charge in [-0.05, 0) is 93.3 Å². The summed E-state index contributed by atoms with van der Waals surface area (Å²) in [4.78, 5) is 11.5. The van der Waals surface area contributed by atoms with Crippen molar-refractivity contribution in [2.75, 3.05) is 0 Å². The molecule has 32 heavy (non-hydrogen) atoms. The van der Waals surface area contributed by atoms with Gasteiger partial charge in [0.05, 0.1) is 5.60 Å². The predicted octanol–water partition coefficient (Wildman–Crippen LogP) is 6.99. The van der Waals surface area contributed by atoms with Crippen LogP contribution in [0.5, 0.6) is 0 Å². The maximum atomic E-state index is 11.5. The molecule has 4 aliphatic rings. The van der Waals surface area contributed by atoms with E-state index < -0.39 is 5.60 Å². The number of hydrogen-bond acceptors (Lipinski definition) is 3. The Kier molecular flexibility index (Phi) is 6.46. The summed E-state index contributed by atoms with van der Waals surface area (Å²) in [6.45, 7) is 13.0. The average Bonchev–Trinajstić information content (AvgIpc) is 3.04. The smallest absolute Gasteiger partial charge is 0.302 e. The van der Waals surface area contributed by atoms with Gasteiger partial charge in [-0.25, -0.2) is 0 Å². The van der Waals surface area contributed by atoms with Gasteiger partial charge in [0.25, 0.3) is 0 Å². The molecule has 3 nitrogen and oxygen atoms in total. The summed E-state index contributed by atoms with van der Waals surface area (Å²) in [5, 5.41) is 10.1. The van der Waals surface area contributed by atoms with Crippen molar-refractivity contribution in [1.82, 2.24) is 0 Å². The normalized spacial score (nSPS) is 39.8. The minimum Gasteiger partial charge on any atom is -0.462 e. The third kappa shape index (κ3) is 4.36. The molecule has 0 radical (unpaired) electrons. The lowest BCUT2D eigenvalue weighted by molar-refractivity contribution is -0.148. The third-order valence-corrected chi connectivity index (χ3v) is 10.1. The summed E-state index contributed by atoms with van der Waals surface area (Å²) in [5.74, 6) is 2.78. The second kappa shape index (κ2) is 8.60. The Hall–Kier alpha value is -1.09. The van der Waals surface area contributed by atoms with Crippen molar-refractivity contribution >= 4 is 5.97 Å². The first-order chi connectivity index (χ1) is 14.9. The summed E-state index contributed by atoms with van der Waals surface area (Å²) >= 11 is 0. The Labute approximate surface area is 196 Å². The number of esters is 1. The van der Waals surface area contributed by atoms with Crippen LogP contribution in [0.3, 0.4) is 0 Å². The van der Waals surface area contributed by atoms with Crippen LogP contribution >= 0.6 is 0 Å². The Balaban J connectivity index is 1.49. The lowest BCUT2D eigenvalue weighted by Gasteiger charge is -2.55. The van der Waals surface area contributed by atoms with E-state index in [1.165, 1.54) is 44.6 Å². The summed E-state index contributed by atoms with van der Waals surface area (Å²) in [6, 6.07) is 0. The van der Waals surface area contributed by atoms with E-state index in [1.54, 1.807) is 5.57 Å². The van der Waals surface area contributed by atoms with E-state index in [0.717, 1.165) is 49.9 Å². The molecule has 7 atom stereocenters. The molecule has 180 valence electrons. The number of aliphatic hydroxyl groups is 1. The number of allylic oxidation sites excluding steroid dienone is 3. The molecular weight excluding hydrogens is 396 g/mol. The molecule has 0 aromatic carbocycles. The van der Waals surface area contributed by atoms with Gasteiger partial charge in [0.15, 0.2) is 0 Å². The fraction of sp³-hybridized carbons (Fsp3) is 0.828. The molecule has 4 rings (SSSR count). The summed E-state index contributed by atoms with van der Waals surface area (Å²) in [7, 11) is 0. The topological polar surface area (TPSA) is 46.5 Å². The van der Waals surface area contributed by atoms with Crippen molar-refractivity contribution in [1.29, 1.82) is 0 Å². The molecule has 3 fully saturated rings. The van der Waals surface area contributed by atoms with E-state index >= 15 is 0 Å². The highest BCUT2D eigenvalue weighted by Crippen LogP contribution is 2.66. The Morgan fingerprint density at radius 3 is 2.59 bits per heavy atom. The molecule has 0 saturated heterocycles. The molecule has 0 heterocycles. The zero-order valence-corrected chi connectivity index (χ0v) is 21.4. The van der Waals surface area contributed by atoms with E-state index in [2.05, 4.69) is 32.9 Å². The molecule has 4 aliphatic carbocycles. The molecule has 0 aromatic rings. The molecule has 0 bridgehead atoms. The zero-order chi connectivity index (χ0) is 23.3. The van der Waals surface area contributed by atoms with Crippen LogP contribution in [0.25, 0.3) is 0 Å². The van der Waals surface area contributed by atoms with Crippen molar-refractivity contribution in [2.24, 2.45) is 34.5 Å². The molecule has 0 aromatic heterocycles. The van der Waals surface area contributed by atoms with E-state index in [9.17, 15) is 9.90 Å². The molecule has 0 spiro atoms. The molecule has 0 unspecified atom stereocenters. The Bertz CT molecular complexity index is 787. The molecule has 1 N–H and O–H groups in total. The second-order valence-electron chi connectivity index (χ2n) is 12.8. The summed E-state index contributed by atoms with van der Waals surface area (Å²) < 4.78 is 5.58. The first-order valence-electron chi connectivity index (χ1n) is 13.2. The quantitative estimate of drug-likeness (QED) is 0.451. The van der Waals surface area contributed by atoms with Gasteiger partial charge in [0.1, 0.15) is 6.10 Å². The monoisotopic (exact) mass is 442 g/mol. The van der Waals surface area contributed by atoms with Crippen molar-refractivity contribution < 1.29 is 14.6 Å². The first kappa shape index (κ1) is 24.0. The van der Waals surface area contributed by atoms with Gasteiger partial charge < -0.3 is 9.84 Å². The van der Waals surface area contributed by atoms with Crippen molar-refractivity contribution in [3.05, 3.63) is 23.3 Å². The maximum Gasteiger partial charge on any atom is 0.302 e. The van der Waals surface area contributed by atoms with Gasteiger partial charge >= 0.3 is 5.97 Å². The number of carbonyl (C=O) groups is 1.